The molecule has 0 radical (unpaired) electrons. The molecule has 0 saturated heterocycles. The fraction of sp³-hybridized carbons (Fsp3) is 0.263. The van der Waals surface area contributed by atoms with Gasteiger partial charge in [0.1, 0.15) is 5.82 Å². The fourth-order valence-corrected chi connectivity index (χ4v) is 2.74. The average molecular weight is 363 g/mol. The van der Waals surface area contributed by atoms with E-state index in [1.54, 1.807) is 0 Å². The summed E-state index contributed by atoms with van der Waals surface area (Å²) in [5, 5.41) is 6.12. The fourth-order valence-electron chi connectivity index (χ4n) is 2.57. The van der Waals surface area contributed by atoms with Gasteiger partial charge < -0.3 is 4.74 Å². The summed E-state index contributed by atoms with van der Waals surface area (Å²) < 4.78 is 18.9. The molecule has 25 heavy (non-hydrogen) atoms. The van der Waals surface area contributed by atoms with Gasteiger partial charge in [0.25, 0.3) is 0 Å². The lowest BCUT2D eigenvalue weighted by molar-refractivity contribution is -0.132. The van der Waals surface area contributed by atoms with Crippen LogP contribution in [0.15, 0.2) is 53.6 Å². The number of nitrogens with zero attached hydrogens (tertiary/aromatic N) is 2. The Bertz CT molecular complexity index is 765. The summed E-state index contributed by atoms with van der Waals surface area (Å²) in [4.78, 5) is 12.0. The molecule has 1 unspecified atom stereocenters. The standard InChI is InChI=1S/C17H14ClFN2O2.C2H6/c1-23-17(22)16-13(11-5-3-2-4-6-11)10-21(20-16)15-9-12(18)7-8-14(15)19;1-2/h2-9,13H,10H2,1H3;1-2H3. The number of benzene rings is 2. The van der Waals surface area contributed by atoms with Crippen LogP contribution in [0.1, 0.15) is 25.3 Å². The van der Waals surface area contributed by atoms with E-state index in [-0.39, 0.29) is 17.3 Å². The molecule has 0 spiro atoms. The molecule has 0 fully saturated rings. The van der Waals surface area contributed by atoms with Crippen LogP contribution < -0.4 is 5.01 Å². The minimum absolute atomic E-state index is 0.234. The van der Waals surface area contributed by atoms with Gasteiger partial charge in [0, 0.05) is 5.02 Å². The molecule has 0 N–H and O–H groups in total. The topological polar surface area (TPSA) is 41.9 Å². The van der Waals surface area contributed by atoms with Crippen molar-refractivity contribution in [2.45, 2.75) is 19.8 Å². The second-order valence-corrected chi connectivity index (χ2v) is 5.55. The van der Waals surface area contributed by atoms with Crippen molar-refractivity contribution < 1.29 is 13.9 Å². The van der Waals surface area contributed by atoms with Gasteiger partial charge in [0.05, 0.1) is 25.3 Å². The quantitative estimate of drug-likeness (QED) is 0.747. The molecule has 0 bridgehead atoms. The number of hydrogen-bond acceptors (Lipinski definition) is 4. The number of methoxy groups -OCH3 is 1. The third kappa shape index (κ3) is 4.17. The zero-order chi connectivity index (χ0) is 18.4. The Balaban J connectivity index is 0.00000109. The first-order chi connectivity index (χ1) is 12.1. The predicted molar refractivity (Wildman–Crippen MR) is 98.7 cm³/mol. The van der Waals surface area contributed by atoms with Crippen LogP contribution in [0.5, 0.6) is 0 Å². The van der Waals surface area contributed by atoms with E-state index in [2.05, 4.69) is 5.10 Å². The first kappa shape index (κ1) is 18.9. The van der Waals surface area contributed by atoms with Gasteiger partial charge in [-0.2, -0.15) is 5.10 Å². The minimum Gasteiger partial charge on any atom is -0.464 e. The van der Waals surface area contributed by atoms with Crippen LogP contribution in [0, 0.1) is 5.82 Å². The summed E-state index contributed by atoms with van der Waals surface area (Å²) >= 11 is 5.94. The summed E-state index contributed by atoms with van der Waals surface area (Å²) in [6.07, 6.45) is 0. The van der Waals surface area contributed by atoms with Gasteiger partial charge in [-0.15, -0.1) is 0 Å². The van der Waals surface area contributed by atoms with Gasteiger partial charge in [-0.05, 0) is 23.8 Å². The van der Waals surface area contributed by atoms with Crippen LogP contribution in [0.3, 0.4) is 0 Å². The van der Waals surface area contributed by atoms with E-state index in [4.69, 9.17) is 16.3 Å². The Morgan fingerprint density at radius 1 is 1.24 bits per heavy atom. The van der Waals surface area contributed by atoms with E-state index in [9.17, 15) is 9.18 Å². The molecule has 0 aromatic heterocycles. The number of hydrazone groups is 1. The second kappa shape index (κ2) is 8.62. The molecule has 1 aliphatic rings. The van der Waals surface area contributed by atoms with Crippen molar-refractivity contribution in [1.29, 1.82) is 0 Å². The van der Waals surface area contributed by atoms with Crippen LogP contribution in [-0.4, -0.2) is 25.3 Å². The van der Waals surface area contributed by atoms with Crippen molar-refractivity contribution >= 4 is 29.0 Å². The largest absolute Gasteiger partial charge is 0.464 e. The smallest absolute Gasteiger partial charge is 0.354 e. The number of halogens is 2. The maximum atomic E-state index is 14.1. The average Bonchev–Trinajstić information content (AvgIpc) is 3.10. The van der Waals surface area contributed by atoms with Crippen LogP contribution >= 0.6 is 11.6 Å². The van der Waals surface area contributed by atoms with Crippen molar-refractivity contribution in [1.82, 2.24) is 0 Å². The normalized spacial score (nSPS) is 16.0. The predicted octanol–water partition coefficient (Wildman–Crippen LogP) is 4.64. The molecule has 4 nitrogen and oxygen atoms in total. The van der Waals surface area contributed by atoms with E-state index < -0.39 is 11.8 Å². The third-order valence-electron chi connectivity index (χ3n) is 3.70. The maximum Gasteiger partial charge on any atom is 0.354 e. The Labute approximate surface area is 151 Å². The molecule has 2 aromatic carbocycles. The molecule has 1 heterocycles. The van der Waals surface area contributed by atoms with Gasteiger partial charge in [-0.1, -0.05) is 55.8 Å². The third-order valence-corrected chi connectivity index (χ3v) is 3.93. The van der Waals surface area contributed by atoms with E-state index in [0.717, 1.165) is 5.56 Å². The number of anilines is 1. The Kier molecular flexibility index (Phi) is 6.53. The molecule has 1 atom stereocenters. The molecule has 1 aliphatic heterocycles. The van der Waals surface area contributed by atoms with Crippen molar-refractivity contribution in [2.24, 2.45) is 5.10 Å². The number of ether oxygens (including phenoxy) is 1. The van der Waals surface area contributed by atoms with Gasteiger partial charge in [-0.25, -0.2) is 9.18 Å². The Morgan fingerprint density at radius 2 is 1.92 bits per heavy atom. The van der Waals surface area contributed by atoms with Crippen LogP contribution in [0.4, 0.5) is 10.1 Å². The number of carbonyl (C=O) groups is 1. The monoisotopic (exact) mass is 362 g/mol. The van der Waals surface area contributed by atoms with Gasteiger partial charge in [-0.3, -0.25) is 5.01 Å². The minimum atomic E-state index is -0.524. The highest BCUT2D eigenvalue weighted by molar-refractivity contribution is 6.39. The molecule has 2 aromatic rings. The summed E-state index contributed by atoms with van der Waals surface area (Å²) in [6.45, 7) is 4.34. The molecule has 0 amide bonds. The van der Waals surface area contributed by atoms with E-state index in [1.165, 1.54) is 30.3 Å². The summed E-state index contributed by atoms with van der Waals surface area (Å²) in [5.41, 5.74) is 1.40. The SMILES string of the molecule is CC.COC(=O)C1=NN(c2cc(Cl)ccc2F)CC1c1ccccc1. The molecular formula is C19H20ClFN2O2. The van der Waals surface area contributed by atoms with Crippen molar-refractivity contribution in [3.05, 3.63) is 64.9 Å². The first-order valence-electron chi connectivity index (χ1n) is 8.04. The number of carbonyl (C=O) groups excluding carboxylic acids is 1. The maximum absolute atomic E-state index is 14.1. The van der Waals surface area contributed by atoms with Crippen LogP contribution in [0.2, 0.25) is 5.02 Å². The van der Waals surface area contributed by atoms with Crippen LogP contribution in [0.25, 0.3) is 0 Å². The Hall–Kier alpha value is -2.40. The highest BCUT2D eigenvalue weighted by atomic mass is 35.5. The van der Waals surface area contributed by atoms with Crippen molar-refractivity contribution in [3.63, 3.8) is 0 Å². The molecule has 0 saturated carbocycles. The van der Waals surface area contributed by atoms with E-state index in [1.807, 2.05) is 44.2 Å². The number of rotatable bonds is 3. The molecular weight excluding hydrogens is 343 g/mol. The highest BCUT2D eigenvalue weighted by Crippen LogP contribution is 2.32. The lowest BCUT2D eigenvalue weighted by Crippen LogP contribution is -2.23. The summed E-state index contributed by atoms with van der Waals surface area (Å²) in [6, 6.07) is 13.7. The zero-order valence-electron chi connectivity index (χ0n) is 14.4. The lowest BCUT2D eigenvalue weighted by atomic mass is 9.95. The van der Waals surface area contributed by atoms with Gasteiger partial charge in [0.2, 0.25) is 0 Å². The van der Waals surface area contributed by atoms with Crippen molar-refractivity contribution in [2.75, 3.05) is 18.7 Å². The molecule has 3 rings (SSSR count). The van der Waals surface area contributed by atoms with E-state index >= 15 is 0 Å². The summed E-state index contributed by atoms with van der Waals surface area (Å²) in [5.74, 6) is -1.26. The lowest BCUT2D eigenvalue weighted by Gasteiger charge is -2.17. The molecule has 132 valence electrons. The van der Waals surface area contributed by atoms with E-state index in [0.29, 0.717) is 11.6 Å². The van der Waals surface area contributed by atoms with Gasteiger partial charge in [0.15, 0.2) is 5.71 Å². The molecule has 0 aliphatic carbocycles. The zero-order valence-corrected chi connectivity index (χ0v) is 15.1. The number of hydrogen-bond donors (Lipinski definition) is 0. The first-order valence-corrected chi connectivity index (χ1v) is 8.42. The second-order valence-electron chi connectivity index (χ2n) is 5.12. The highest BCUT2D eigenvalue weighted by Gasteiger charge is 2.34. The van der Waals surface area contributed by atoms with Gasteiger partial charge >= 0.3 is 5.97 Å². The Morgan fingerprint density at radius 3 is 2.56 bits per heavy atom. The molecule has 6 heteroatoms. The summed E-state index contributed by atoms with van der Waals surface area (Å²) in [7, 11) is 1.30. The van der Waals surface area contributed by atoms with Crippen LogP contribution in [-0.2, 0) is 9.53 Å². The van der Waals surface area contributed by atoms with Crippen molar-refractivity contribution in [3.8, 4) is 0 Å². The number of esters is 1.